The number of carbonyl (C=O) groups is 1. The van der Waals surface area contributed by atoms with Gasteiger partial charge in [-0.25, -0.2) is 13.1 Å². The van der Waals surface area contributed by atoms with Gasteiger partial charge in [-0.05, 0) is 37.2 Å². The van der Waals surface area contributed by atoms with Crippen molar-refractivity contribution in [2.45, 2.75) is 24.7 Å². The minimum absolute atomic E-state index is 0. The fourth-order valence-corrected chi connectivity index (χ4v) is 2.97. The van der Waals surface area contributed by atoms with Gasteiger partial charge in [-0.2, -0.15) is 0 Å². The number of sulfonamides is 1. The third kappa shape index (κ3) is 9.26. The van der Waals surface area contributed by atoms with Gasteiger partial charge in [0, 0.05) is 30.5 Å². The molecule has 1 rings (SSSR count). The van der Waals surface area contributed by atoms with Gasteiger partial charge in [-0.1, -0.05) is 22.9 Å². The quantitative estimate of drug-likeness (QED) is 0.495. The highest BCUT2D eigenvalue weighted by atomic mass is 79.9. The summed E-state index contributed by atoms with van der Waals surface area (Å²) in [5.74, 6) is -0.170. The molecule has 0 heterocycles. The fraction of sp³-hybridized carbons (Fsp3) is 0.500. The monoisotopic (exact) mass is 427 g/mol. The second-order valence-corrected chi connectivity index (χ2v) is 7.38. The molecule has 23 heavy (non-hydrogen) atoms. The molecule has 1 aromatic rings. The first-order valence-electron chi connectivity index (χ1n) is 7.18. The number of amides is 1. The second-order valence-electron chi connectivity index (χ2n) is 4.70. The van der Waals surface area contributed by atoms with Gasteiger partial charge in [0.1, 0.15) is 0 Å². The maximum atomic E-state index is 12.0. The highest BCUT2D eigenvalue weighted by Crippen LogP contribution is 2.14. The van der Waals surface area contributed by atoms with Crippen LogP contribution < -0.4 is 15.4 Å². The average Bonchev–Trinajstić information content (AvgIpc) is 2.47. The Balaban J connectivity index is 0.00000484. The molecule has 0 aliphatic rings. The van der Waals surface area contributed by atoms with Crippen molar-refractivity contribution in [2.24, 2.45) is 0 Å². The van der Waals surface area contributed by atoms with Crippen LogP contribution in [0.2, 0.25) is 0 Å². The van der Waals surface area contributed by atoms with Crippen LogP contribution in [0.15, 0.2) is 33.6 Å². The van der Waals surface area contributed by atoms with Crippen molar-refractivity contribution in [3.63, 3.8) is 0 Å². The Labute approximate surface area is 152 Å². The second kappa shape index (κ2) is 11.8. The van der Waals surface area contributed by atoms with Gasteiger partial charge in [-0.3, -0.25) is 4.79 Å². The van der Waals surface area contributed by atoms with Gasteiger partial charge >= 0.3 is 0 Å². The summed E-state index contributed by atoms with van der Waals surface area (Å²) in [6, 6.07) is 6.33. The summed E-state index contributed by atoms with van der Waals surface area (Å²) in [4.78, 5) is 11.7. The first-order valence-corrected chi connectivity index (χ1v) is 9.46. The standard InChI is InChI=1S/C14H22BrN3O3S.ClH/c1-2-8-16-10-11-17-14(19)7-9-18-22(20,21)13-5-3-12(15)4-6-13;/h3-6,16,18H,2,7-11H2,1H3,(H,17,19);1H. The van der Waals surface area contributed by atoms with E-state index >= 15 is 0 Å². The van der Waals surface area contributed by atoms with E-state index in [2.05, 4.69) is 38.2 Å². The molecular weight excluding hydrogens is 406 g/mol. The first-order chi connectivity index (χ1) is 10.5. The fourth-order valence-electron chi connectivity index (χ4n) is 1.68. The lowest BCUT2D eigenvalue weighted by atomic mass is 10.4. The lowest BCUT2D eigenvalue weighted by molar-refractivity contribution is -0.120. The van der Waals surface area contributed by atoms with E-state index in [4.69, 9.17) is 0 Å². The number of hydrogen-bond acceptors (Lipinski definition) is 4. The highest BCUT2D eigenvalue weighted by molar-refractivity contribution is 9.10. The number of halogens is 2. The van der Waals surface area contributed by atoms with E-state index in [9.17, 15) is 13.2 Å². The Morgan fingerprint density at radius 3 is 2.35 bits per heavy atom. The zero-order chi connectivity index (χ0) is 16.4. The van der Waals surface area contributed by atoms with Crippen molar-refractivity contribution in [2.75, 3.05) is 26.2 Å². The van der Waals surface area contributed by atoms with Crippen molar-refractivity contribution < 1.29 is 13.2 Å². The van der Waals surface area contributed by atoms with E-state index in [1.165, 1.54) is 12.1 Å². The molecule has 0 aromatic heterocycles. The molecule has 0 saturated carbocycles. The highest BCUT2D eigenvalue weighted by Gasteiger charge is 2.13. The predicted molar refractivity (Wildman–Crippen MR) is 97.4 cm³/mol. The van der Waals surface area contributed by atoms with Crippen LogP contribution in [-0.2, 0) is 14.8 Å². The summed E-state index contributed by atoms with van der Waals surface area (Å²) in [5.41, 5.74) is 0. The maximum absolute atomic E-state index is 12.0. The van der Waals surface area contributed by atoms with E-state index in [-0.39, 0.29) is 36.2 Å². The van der Waals surface area contributed by atoms with Crippen LogP contribution in [-0.4, -0.2) is 40.5 Å². The van der Waals surface area contributed by atoms with Crippen LogP contribution in [0, 0.1) is 0 Å². The van der Waals surface area contributed by atoms with Gasteiger partial charge in [0.05, 0.1) is 4.90 Å². The van der Waals surface area contributed by atoms with Crippen LogP contribution in [0.25, 0.3) is 0 Å². The maximum Gasteiger partial charge on any atom is 0.240 e. The molecule has 9 heteroatoms. The van der Waals surface area contributed by atoms with E-state index in [1.54, 1.807) is 12.1 Å². The van der Waals surface area contributed by atoms with E-state index in [1.807, 2.05) is 0 Å². The van der Waals surface area contributed by atoms with Crippen molar-refractivity contribution in [1.29, 1.82) is 0 Å². The zero-order valence-corrected chi connectivity index (χ0v) is 16.2. The molecule has 0 aliphatic heterocycles. The molecule has 0 unspecified atom stereocenters. The van der Waals surface area contributed by atoms with E-state index < -0.39 is 10.0 Å². The first kappa shape index (κ1) is 22.3. The number of nitrogens with one attached hydrogen (secondary N) is 3. The number of carbonyl (C=O) groups excluding carboxylic acids is 1. The molecule has 132 valence electrons. The molecule has 0 aliphatic carbocycles. The van der Waals surface area contributed by atoms with Gasteiger partial charge in [-0.15, -0.1) is 12.4 Å². The molecule has 3 N–H and O–H groups in total. The number of hydrogen-bond donors (Lipinski definition) is 3. The Bertz CT molecular complexity index is 567. The summed E-state index contributed by atoms with van der Waals surface area (Å²) in [7, 11) is -3.57. The van der Waals surface area contributed by atoms with Gasteiger partial charge in [0.2, 0.25) is 15.9 Å². The molecule has 0 spiro atoms. The Kier molecular flexibility index (Phi) is 11.5. The van der Waals surface area contributed by atoms with Crippen LogP contribution in [0.3, 0.4) is 0 Å². The molecule has 0 saturated heterocycles. The molecule has 0 bridgehead atoms. The third-order valence-electron chi connectivity index (χ3n) is 2.82. The van der Waals surface area contributed by atoms with Gasteiger partial charge < -0.3 is 10.6 Å². The predicted octanol–water partition coefficient (Wildman–Crippen LogP) is 1.66. The van der Waals surface area contributed by atoms with Gasteiger partial charge in [0.15, 0.2) is 0 Å². The minimum atomic E-state index is -3.57. The average molecular weight is 429 g/mol. The van der Waals surface area contributed by atoms with Crippen molar-refractivity contribution in [3.8, 4) is 0 Å². The molecule has 1 aromatic carbocycles. The lowest BCUT2D eigenvalue weighted by Gasteiger charge is -2.08. The largest absolute Gasteiger partial charge is 0.355 e. The van der Waals surface area contributed by atoms with Crippen molar-refractivity contribution in [1.82, 2.24) is 15.4 Å². The number of rotatable bonds is 10. The molecule has 0 fully saturated rings. The summed E-state index contributed by atoms with van der Waals surface area (Å²) in [5, 5.41) is 5.90. The molecule has 6 nitrogen and oxygen atoms in total. The molecule has 0 atom stereocenters. The van der Waals surface area contributed by atoms with Gasteiger partial charge in [0.25, 0.3) is 0 Å². The summed E-state index contributed by atoms with van der Waals surface area (Å²) < 4.78 is 27.2. The SMILES string of the molecule is CCCNCCNC(=O)CCNS(=O)(=O)c1ccc(Br)cc1.Cl. The Morgan fingerprint density at radius 2 is 1.74 bits per heavy atom. The summed E-state index contributed by atoms with van der Waals surface area (Å²) in [6.45, 7) is 4.32. The van der Waals surface area contributed by atoms with Crippen molar-refractivity contribution in [3.05, 3.63) is 28.7 Å². The molecule has 1 amide bonds. The van der Waals surface area contributed by atoms with E-state index in [0.717, 1.165) is 17.4 Å². The topological polar surface area (TPSA) is 87.3 Å². The van der Waals surface area contributed by atoms with Crippen molar-refractivity contribution >= 4 is 44.3 Å². The van der Waals surface area contributed by atoms with Crippen LogP contribution in [0.4, 0.5) is 0 Å². The smallest absolute Gasteiger partial charge is 0.240 e. The molecule has 0 radical (unpaired) electrons. The zero-order valence-electron chi connectivity index (χ0n) is 13.0. The summed E-state index contributed by atoms with van der Waals surface area (Å²) >= 11 is 3.25. The summed E-state index contributed by atoms with van der Waals surface area (Å²) in [6.07, 6.45) is 1.16. The van der Waals surface area contributed by atoms with Crippen LogP contribution >= 0.6 is 28.3 Å². The van der Waals surface area contributed by atoms with Crippen LogP contribution in [0.1, 0.15) is 19.8 Å². The Morgan fingerprint density at radius 1 is 1.09 bits per heavy atom. The Hall–Kier alpha value is -0.670. The normalized spacial score (nSPS) is 10.9. The lowest BCUT2D eigenvalue weighted by Crippen LogP contribution is -2.34. The third-order valence-corrected chi connectivity index (χ3v) is 4.82. The van der Waals surface area contributed by atoms with E-state index in [0.29, 0.717) is 13.1 Å². The molecular formula is C14H23BrClN3O3S. The number of benzene rings is 1. The van der Waals surface area contributed by atoms with Crippen LogP contribution in [0.5, 0.6) is 0 Å². The minimum Gasteiger partial charge on any atom is -0.355 e.